The number of aliphatic imine (C=N–C) groups is 1. The van der Waals surface area contributed by atoms with E-state index >= 15 is 0 Å². The summed E-state index contributed by atoms with van der Waals surface area (Å²) in [6, 6.07) is 15.8. The summed E-state index contributed by atoms with van der Waals surface area (Å²) in [5, 5.41) is 0. The predicted octanol–water partition coefficient (Wildman–Crippen LogP) is 3.68. The van der Waals surface area contributed by atoms with Gasteiger partial charge in [-0.25, -0.2) is 9.79 Å². The second-order valence-electron chi connectivity index (χ2n) is 4.90. The minimum absolute atomic E-state index is 0.328. The highest BCUT2D eigenvalue weighted by molar-refractivity contribution is 6.06. The highest BCUT2D eigenvalue weighted by Gasteiger charge is 2.19. The lowest BCUT2D eigenvalue weighted by Gasteiger charge is -2.04. The van der Waals surface area contributed by atoms with Crippen LogP contribution in [0.15, 0.2) is 59.2 Å². The lowest BCUT2D eigenvalue weighted by molar-refractivity contribution is -0.130. The maximum atomic E-state index is 11.5. The van der Waals surface area contributed by atoms with Crippen molar-refractivity contribution in [3.8, 4) is 16.9 Å². The monoisotopic (exact) mass is 293 g/mol. The SMILES string of the molecule is COc1ccc(-c2ccc(/C=C3\N=C(C)OC3=O)cc2)cc1. The molecule has 0 aromatic heterocycles. The molecule has 1 aliphatic heterocycles. The molecule has 0 radical (unpaired) electrons. The van der Waals surface area contributed by atoms with Crippen molar-refractivity contribution < 1.29 is 14.3 Å². The van der Waals surface area contributed by atoms with Crippen LogP contribution in [0.3, 0.4) is 0 Å². The van der Waals surface area contributed by atoms with Crippen LogP contribution < -0.4 is 4.74 Å². The van der Waals surface area contributed by atoms with Gasteiger partial charge in [0.2, 0.25) is 0 Å². The van der Waals surface area contributed by atoms with Crippen molar-refractivity contribution in [2.45, 2.75) is 6.92 Å². The second-order valence-corrected chi connectivity index (χ2v) is 4.90. The number of methoxy groups -OCH3 is 1. The topological polar surface area (TPSA) is 47.9 Å². The fraction of sp³-hybridized carbons (Fsp3) is 0.111. The molecule has 0 aliphatic carbocycles. The van der Waals surface area contributed by atoms with Crippen LogP contribution in [-0.4, -0.2) is 19.0 Å². The van der Waals surface area contributed by atoms with Crippen molar-refractivity contribution in [1.82, 2.24) is 0 Å². The normalized spacial score (nSPS) is 15.6. The van der Waals surface area contributed by atoms with E-state index in [2.05, 4.69) is 4.99 Å². The Morgan fingerprint density at radius 1 is 1.00 bits per heavy atom. The van der Waals surface area contributed by atoms with Crippen LogP contribution >= 0.6 is 0 Å². The first-order valence-electron chi connectivity index (χ1n) is 6.89. The van der Waals surface area contributed by atoms with Gasteiger partial charge in [0.1, 0.15) is 5.75 Å². The van der Waals surface area contributed by atoms with Gasteiger partial charge in [0, 0.05) is 6.92 Å². The fourth-order valence-corrected chi connectivity index (χ4v) is 2.23. The lowest BCUT2D eigenvalue weighted by atomic mass is 10.0. The van der Waals surface area contributed by atoms with Crippen LogP contribution in [0, 0.1) is 0 Å². The molecule has 0 spiro atoms. The van der Waals surface area contributed by atoms with Gasteiger partial charge in [0.25, 0.3) is 0 Å². The van der Waals surface area contributed by atoms with Gasteiger partial charge in [-0.3, -0.25) is 0 Å². The second kappa shape index (κ2) is 5.85. The van der Waals surface area contributed by atoms with E-state index in [1.54, 1.807) is 20.1 Å². The number of esters is 1. The number of benzene rings is 2. The zero-order chi connectivity index (χ0) is 15.5. The maximum absolute atomic E-state index is 11.5. The molecule has 0 atom stereocenters. The third-order valence-electron chi connectivity index (χ3n) is 3.36. The van der Waals surface area contributed by atoms with E-state index in [4.69, 9.17) is 9.47 Å². The summed E-state index contributed by atoms with van der Waals surface area (Å²) in [6.07, 6.45) is 1.72. The van der Waals surface area contributed by atoms with Gasteiger partial charge < -0.3 is 9.47 Å². The first kappa shape index (κ1) is 14.1. The first-order valence-corrected chi connectivity index (χ1v) is 6.89. The molecule has 2 aromatic carbocycles. The summed E-state index contributed by atoms with van der Waals surface area (Å²) in [5.74, 6) is 0.806. The van der Waals surface area contributed by atoms with Crippen LogP contribution in [0.2, 0.25) is 0 Å². The van der Waals surface area contributed by atoms with E-state index in [0.29, 0.717) is 11.6 Å². The quantitative estimate of drug-likeness (QED) is 0.640. The number of ether oxygens (including phenoxy) is 2. The van der Waals surface area contributed by atoms with E-state index < -0.39 is 5.97 Å². The number of carbonyl (C=O) groups excluding carboxylic acids is 1. The molecule has 1 heterocycles. The molecule has 0 bridgehead atoms. The first-order chi connectivity index (χ1) is 10.7. The largest absolute Gasteiger partial charge is 0.497 e. The minimum Gasteiger partial charge on any atom is -0.497 e. The average molecular weight is 293 g/mol. The Labute approximate surface area is 128 Å². The summed E-state index contributed by atoms with van der Waals surface area (Å²) in [4.78, 5) is 15.6. The number of hydrogen-bond donors (Lipinski definition) is 0. The molecular weight excluding hydrogens is 278 g/mol. The van der Waals surface area contributed by atoms with Gasteiger partial charge in [0.05, 0.1) is 7.11 Å². The molecule has 1 aliphatic rings. The summed E-state index contributed by atoms with van der Waals surface area (Å²) in [5.41, 5.74) is 3.44. The van der Waals surface area contributed by atoms with Gasteiger partial charge in [-0.05, 0) is 34.9 Å². The Hall–Kier alpha value is -2.88. The van der Waals surface area contributed by atoms with Gasteiger partial charge >= 0.3 is 5.97 Å². The molecule has 0 N–H and O–H groups in total. The number of rotatable bonds is 3. The standard InChI is InChI=1S/C18H15NO3/c1-12-19-17(18(20)22-12)11-13-3-5-14(6-4-13)15-7-9-16(21-2)10-8-15/h3-11H,1-2H3/b17-11-. The van der Waals surface area contributed by atoms with Crippen molar-refractivity contribution in [1.29, 1.82) is 0 Å². The summed E-state index contributed by atoms with van der Waals surface area (Å²) in [7, 11) is 1.65. The van der Waals surface area contributed by atoms with Gasteiger partial charge in [-0.2, -0.15) is 0 Å². The van der Waals surface area contributed by atoms with Crippen LogP contribution in [0.1, 0.15) is 12.5 Å². The predicted molar refractivity (Wildman–Crippen MR) is 85.6 cm³/mol. The molecule has 0 saturated carbocycles. The Morgan fingerprint density at radius 3 is 2.09 bits per heavy atom. The summed E-state index contributed by atoms with van der Waals surface area (Å²) < 4.78 is 10.0. The Kier molecular flexibility index (Phi) is 3.74. The molecule has 110 valence electrons. The van der Waals surface area contributed by atoms with Gasteiger partial charge in [-0.1, -0.05) is 36.4 Å². The van der Waals surface area contributed by atoms with Crippen molar-refractivity contribution in [2.75, 3.05) is 7.11 Å². The maximum Gasteiger partial charge on any atom is 0.363 e. The van der Waals surface area contributed by atoms with Crippen LogP contribution in [0.25, 0.3) is 17.2 Å². The van der Waals surface area contributed by atoms with Crippen LogP contribution in [0.5, 0.6) is 5.75 Å². The summed E-state index contributed by atoms with van der Waals surface area (Å²) >= 11 is 0. The molecule has 0 amide bonds. The molecule has 0 unspecified atom stereocenters. The van der Waals surface area contributed by atoms with Crippen molar-refractivity contribution in [2.24, 2.45) is 4.99 Å². The van der Waals surface area contributed by atoms with E-state index in [-0.39, 0.29) is 0 Å². The van der Waals surface area contributed by atoms with E-state index in [1.807, 2.05) is 48.5 Å². The van der Waals surface area contributed by atoms with Gasteiger partial charge in [0.15, 0.2) is 11.6 Å². The number of cyclic esters (lactones) is 1. The van der Waals surface area contributed by atoms with E-state index in [1.165, 1.54) is 0 Å². The van der Waals surface area contributed by atoms with Crippen molar-refractivity contribution >= 4 is 17.9 Å². The van der Waals surface area contributed by atoms with Crippen molar-refractivity contribution in [3.63, 3.8) is 0 Å². The molecule has 0 saturated heterocycles. The Balaban J connectivity index is 1.83. The van der Waals surface area contributed by atoms with Crippen LogP contribution in [-0.2, 0) is 9.53 Å². The molecule has 22 heavy (non-hydrogen) atoms. The summed E-state index contributed by atoms with van der Waals surface area (Å²) in [6.45, 7) is 1.66. The number of carbonyl (C=O) groups is 1. The molecule has 2 aromatic rings. The molecule has 0 fully saturated rings. The number of nitrogens with zero attached hydrogens (tertiary/aromatic N) is 1. The molecule has 4 nitrogen and oxygen atoms in total. The highest BCUT2D eigenvalue weighted by Crippen LogP contribution is 2.23. The van der Waals surface area contributed by atoms with E-state index in [9.17, 15) is 4.79 Å². The van der Waals surface area contributed by atoms with Crippen LogP contribution in [0.4, 0.5) is 0 Å². The van der Waals surface area contributed by atoms with E-state index in [0.717, 1.165) is 22.4 Å². The Bertz CT molecular complexity index is 756. The third-order valence-corrected chi connectivity index (χ3v) is 3.36. The Morgan fingerprint density at radius 2 is 1.59 bits per heavy atom. The molecule has 4 heteroatoms. The smallest absolute Gasteiger partial charge is 0.363 e. The van der Waals surface area contributed by atoms with Crippen molar-refractivity contribution in [3.05, 3.63) is 59.8 Å². The van der Waals surface area contributed by atoms with Gasteiger partial charge in [-0.15, -0.1) is 0 Å². The molecular formula is C18H15NO3. The number of hydrogen-bond acceptors (Lipinski definition) is 4. The third kappa shape index (κ3) is 2.91. The minimum atomic E-state index is -0.406. The fourth-order valence-electron chi connectivity index (χ4n) is 2.23. The lowest BCUT2D eigenvalue weighted by Crippen LogP contribution is -1.99. The zero-order valence-corrected chi connectivity index (χ0v) is 12.4. The average Bonchev–Trinajstić information content (AvgIpc) is 2.86. The zero-order valence-electron chi connectivity index (χ0n) is 12.4. The molecule has 3 rings (SSSR count). The highest BCUT2D eigenvalue weighted by atomic mass is 16.6.